The molecule has 5 heteroatoms. The monoisotopic (exact) mass is 277 g/mol. The van der Waals surface area contributed by atoms with Crippen molar-refractivity contribution in [2.45, 2.75) is 31.2 Å². The SMILES string of the molecule is CCOC(=O)C1(c2ccc(C(=O)OC)cc2)CC(N)C1. The lowest BCUT2D eigenvalue weighted by molar-refractivity contribution is -0.154. The molecule has 1 aliphatic carbocycles. The number of hydrogen-bond donors (Lipinski definition) is 1. The summed E-state index contributed by atoms with van der Waals surface area (Å²) in [6.07, 6.45) is 1.15. The highest BCUT2D eigenvalue weighted by atomic mass is 16.5. The normalized spacial score (nSPS) is 24.6. The summed E-state index contributed by atoms with van der Waals surface area (Å²) < 4.78 is 9.82. The topological polar surface area (TPSA) is 78.6 Å². The molecule has 1 aromatic carbocycles. The van der Waals surface area contributed by atoms with Crippen LogP contribution in [0.1, 0.15) is 35.7 Å². The zero-order valence-electron chi connectivity index (χ0n) is 11.7. The van der Waals surface area contributed by atoms with Crippen molar-refractivity contribution in [3.63, 3.8) is 0 Å². The van der Waals surface area contributed by atoms with E-state index in [0.29, 0.717) is 25.0 Å². The van der Waals surface area contributed by atoms with E-state index >= 15 is 0 Å². The molecule has 0 heterocycles. The molecule has 2 N–H and O–H groups in total. The Labute approximate surface area is 118 Å². The summed E-state index contributed by atoms with van der Waals surface area (Å²) in [6, 6.07) is 6.88. The van der Waals surface area contributed by atoms with E-state index in [9.17, 15) is 9.59 Å². The van der Waals surface area contributed by atoms with Gasteiger partial charge in [-0.3, -0.25) is 4.79 Å². The average molecular weight is 277 g/mol. The molecule has 0 radical (unpaired) electrons. The summed E-state index contributed by atoms with van der Waals surface area (Å²) in [5.41, 5.74) is 6.48. The first-order valence-corrected chi connectivity index (χ1v) is 6.65. The van der Waals surface area contributed by atoms with Crippen molar-refractivity contribution < 1.29 is 19.1 Å². The van der Waals surface area contributed by atoms with Gasteiger partial charge >= 0.3 is 11.9 Å². The second-order valence-electron chi connectivity index (χ2n) is 5.04. The van der Waals surface area contributed by atoms with Gasteiger partial charge in [0.05, 0.1) is 24.7 Å². The van der Waals surface area contributed by atoms with Crippen LogP contribution in [-0.2, 0) is 19.7 Å². The van der Waals surface area contributed by atoms with Crippen LogP contribution in [0, 0.1) is 0 Å². The number of esters is 2. The molecule has 5 nitrogen and oxygen atoms in total. The Morgan fingerprint density at radius 2 is 1.90 bits per heavy atom. The molecule has 0 spiro atoms. The van der Waals surface area contributed by atoms with Crippen LogP contribution < -0.4 is 5.73 Å². The van der Waals surface area contributed by atoms with Crippen LogP contribution in [0.4, 0.5) is 0 Å². The summed E-state index contributed by atoms with van der Waals surface area (Å²) >= 11 is 0. The van der Waals surface area contributed by atoms with Gasteiger partial charge in [-0.2, -0.15) is 0 Å². The summed E-state index contributed by atoms with van der Waals surface area (Å²) in [5, 5.41) is 0. The van der Waals surface area contributed by atoms with Crippen LogP contribution >= 0.6 is 0 Å². The predicted octanol–water partition coefficient (Wildman–Crippen LogP) is 1.40. The van der Waals surface area contributed by atoms with Gasteiger partial charge in [0.2, 0.25) is 0 Å². The maximum Gasteiger partial charge on any atom is 0.337 e. The van der Waals surface area contributed by atoms with Crippen molar-refractivity contribution in [1.82, 2.24) is 0 Å². The van der Waals surface area contributed by atoms with E-state index in [1.165, 1.54) is 7.11 Å². The van der Waals surface area contributed by atoms with Gasteiger partial charge in [0.15, 0.2) is 0 Å². The maximum atomic E-state index is 12.2. The quantitative estimate of drug-likeness (QED) is 0.841. The minimum atomic E-state index is -0.663. The van der Waals surface area contributed by atoms with Gasteiger partial charge in [0.1, 0.15) is 0 Å². The van der Waals surface area contributed by atoms with E-state index in [0.717, 1.165) is 5.56 Å². The first-order chi connectivity index (χ1) is 9.53. The fourth-order valence-corrected chi connectivity index (χ4v) is 2.67. The van der Waals surface area contributed by atoms with Gasteiger partial charge in [-0.1, -0.05) is 12.1 Å². The third-order valence-electron chi connectivity index (χ3n) is 3.75. The van der Waals surface area contributed by atoms with Crippen molar-refractivity contribution in [3.05, 3.63) is 35.4 Å². The van der Waals surface area contributed by atoms with Crippen LogP contribution in [0.2, 0.25) is 0 Å². The molecule has 0 unspecified atom stereocenters. The van der Waals surface area contributed by atoms with Crippen LogP contribution in [0.5, 0.6) is 0 Å². The molecule has 20 heavy (non-hydrogen) atoms. The number of carbonyl (C=O) groups excluding carboxylic acids is 2. The van der Waals surface area contributed by atoms with E-state index in [4.69, 9.17) is 10.5 Å². The van der Waals surface area contributed by atoms with Crippen LogP contribution in [0.15, 0.2) is 24.3 Å². The summed E-state index contributed by atoms with van der Waals surface area (Å²) in [7, 11) is 1.33. The third kappa shape index (κ3) is 2.41. The molecule has 108 valence electrons. The van der Waals surface area contributed by atoms with E-state index in [1.807, 2.05) is 0 Å². The van der Waals surface area contributed by atoms with Gasteiger partial charge in [-0.15, -0.1) is 0 Å². The second kappa shape index (κ2) is 5.63. The lowest BCUT2D eigenvalue weighted by Crippen LogP contribution is -2.54. The lowest BCUT2D eigenvalue weighted by atomic mass is 9.62. The molecule has 2 rings (SSSR count). The zero-order valence-corrected chi connectivity index (χ0v) is 11.7. The highest BCUT2D eigenvalue weighted by Gasteiger charge is 2.51. The van der Waals surface area contributed by atoms with Gasteiger partial charge in [-0.25, -0.2) is 4.79 Å². The molecular weight excluding hydrogens is 258 g/mol. The fraction of sp³-hybridized carbons (Fsp3) is 0.467. The van der Waals surface area contributed by atoms with E-state index < -0.39 is 11.4 Å². The highest BCUT2D eigenvalue weighted by molar-refractivity contribution is 5.90. The Morgan fingerprint density at radius 1 is 1.30 bits per heavy atom. The Kier molecular flexibility index (Phi) is 4.09. The number of carbonyl (C=O) groups is 2. The second-order valence-corrected chi connectivity index (χ2v) is 5.04. The molecule has 0 bridgehead atoms. The number of benzene rings is 1. The highest BCUT2D eigenvalue weighted by Crippen LogP contribution is 2.44. The van der Waals surface area contributed by atoms with Gasteiger partial charge in [-0.05, 0) is 37.5 Å². The minimum Gasteiger partial charge on any atom is -0.465 e. The largest absolute Gasteiger partial charge is 0.465 e. The molecule has 1 saturated carbocycles. The van der Waals surface area contributed by atoms with Crippen molar-refractivity contribution in [2.75, 3.05) is 13.7 Å². The summed E-state index contributed by atoms with van der Waals surface area (Å²) in [6.45, 7) is 2.13. The molecule has 0 saturated heterocycles. The molecule has 1 aliphatic rings. The lowest BCUT2D eigenvalue weighted by Gasteiger charge is -2.44. The number of methoxy groups -OCH3 is 1. The van der Waals surface area contributed by atoms with Gasteiger partial charge < -0.3 is 15.2 Å². The van der Waals surface area contributed by atoms with Crippen molar-refractivity contribution in [2.24, 2.45) is 5.73 Å². The summed E-state index contributed by atoms with van der Waals surface area (Å²) in [4.78, 5) is 23.6. The number of hydrogen-bond acceptors (Lipinski definition) is 5. The van der Waals surface area contributed by atoms with Crippen molar-refractivity contribution in [3.8, 4) is 0 Å². The molecule has 1 fully saturated rings. The van der Waals surface area contributed by atoms with Crippen LogP contribution in [0.25, 0.3) is 0 Å². The first-order valence-electron chi connectivity index (χ1n) is 6.65. The van der Waals surface area contributed by atoms with Gasteiger partial charge in [0, 0.05) is 6.04 Å². The van der Waals surface area contributed by atoms with E-state index in [1.54, 1.807) is 31.2 Å². The minimum absolute atomic E-state index is 0.0136. The summed E-state index contributed by atoms with van der Waals surface area (Å²) in [5.74, 6) is -0.639. The molecule has 0 aromatic heterocycles. The Hall–Kier alpha value is -1.88. The van der Waals surface area contributed by atoms with Crippen LogP contribution in [0.3, 0.4) is 0 Å². The molecular formula is C15H19NO4. The number of ether oxygens (including phenoxy) is 2. The average Bonchev–Trinajstić information content (AvgIpc) is 2.43. The Bertz CT molecular complexity index is 503. The maximum absolute atomic E-state index is 12.2. The standard InChI is InChI=1S/C15H19NO4/c1-3-20-14(18)15(8-12(16)9-15)11-6-4-10(5-7-11)13(17)19-2/h4-7,12H,3,8-9,16H2,1-2H3. The van der Waals surface area contributed by atoms with Crippen molar-refractivity contribution in [1.29, 1.82) is 0 Å². The number of nitrogens with two attached hydrogens (primary N) is 1. The van der Waals surface area contributed by atoms with Crippen LogP contribution in [-0.4, -0.2) is 31.7 Å². The zero-order chi connectivity index (χ0) is 14.8. The predicted molar refractivity (Wildman–Crippen MR) is 73.3 cm³/mol. The molecule has 0 aliphatic heterocycles. The number of rotatable bonds is 4. The third-order valence-corrected chi connectivity index (χ3v) is 3.75. The molecule has 0 atom stereocenters. The smallest absolute Gasteiger partial charge is 0.337 e. The van der Waals surface area contributed by atoms with Gasteiger partial charge in [0.25, 0.3) is 0 Å². The molecule has 0 amide bonds. The van der Waals surface area contributed by atoms with E-state index in [-0.39, 0.29) is 12.0 Å². The fourth-order valence-electron chi connectivity index (χ4n) is 2.67. The van der Waals surface area contributed by atoms with E-state index in [2.05, 4.69) is 4.74 Å². The van der Waals surface area contributed by atoms with Crippen molar-refractivity contribution >= 4 is 11.9 Å². The Morgan fingerprint density at radius 3 is 2.35 bits per heavy atom. The first kappa shape index (κ1) is 14.5. The molecule has 1 aromatic rings. The Balaban J connectivity index is 2.27.